The van der Waals surface area contributed by atoms with Crippen LogP contribution in [0.2, 0.25) is 0 Å². The SMILES string of the molecule is CCOC(=O)C(C)COC(=O)C(C)CC. The van der Waals surface area contributed by atoms with Crippen molar-refractivity contribution in [1.29, 1.82) is 0 Å². The second kappa shape index (κ2) is 7.26. The summed E-state index contributed by atoms with van der Waals surface area (Å²) < 4.78 is 9.78. The first kappa shape index (κ1) is 13.9. The molecule has 0 aromatic rings. The van der Waals surface area contributed by atoms with E-state index in [-0.39, 0.29) is 24.5 Å². The van der Waals surface area contributed by atoms with E-state index in [2.05, 4.69) is 0 Å². The molecule has 88 valence electrons. The molecule has 15 heavy (non-hydrogen) atoms. The molecular formula is C11H20O4. The minimum atomic E-state index is -0.391. The number of carbonyl (C=O) groups excluding carboxylic acids is 2. The van der Waals surface area contributed by atoms with Gasteiger partial charge in [-0.2, -0.15) is 0 Å². The molecule has 0 aliphatic heterocycles. The lowest BCUT2D eigenvalue weighted by Gasteiger charge is -2.13. The Hall–Kier alpha value is -1.06. The van der Waals surface area contributed by atoms with Gasteiger partial charge in [0.1, 0.15) is 6.61 Å². The van der Waals surface area contributed by atoms with E-state index >= 15 is 0 Å². The summed E-state index contributed by atoms with van der Waals surface area (Å²) in [5.74, 6) is -1.08. The summed E-state index contributed by atoms with van der Waals surface area (Å²) >= 11 is 0. The highest BCUT2D eigenvalue weighted by atomic mass is 16.5. The molecule has 2 atom stereocenters. The minimum Gasteiger partial charge on any atom is -0.466 e. The average molecular weight is 216 g/mol. The summed E-state index contributed by atoms with van der Waals surface area (Å²) in [4.78, 5) is 22.5. The van der Waals surface area contributed by atoms with Crippen LogP contribution in [0.4, 0.5) is 0 Å². The Bertz CT molecular complexity index is 213. The van der Waals surface area contributed by atoms with Crippen LogP contribution in [-0.2, 0) is 19.1 Å². The maximum absolute atomic E-state index is 11.3. The zero-order valence-electron chi connectivity index (χ0n) is 9.91. The number of hydrogen-bond donors (Lipinski definition) is 0. The van der Waals surface area contributed by atoms with Crippen molar-refractivity contribution < 1.29 is 19.1 Å². The van der Waals surface area contributed by atoms with Crippen molar-refractivity contribution in [2.45, 2.75) is 34.1 Å². The van der Waals surface area contributed by atoms with Crippen molar-refractivity contribution in [3.63, 3.8) is 0 Å². The summed E-state index contributed by atoms with van der Waals surface area (Å²) in [7, 11) is 0. The van der Waals surface area contributed by atoms with E-state index in [1.54, 1.807) is 20.8 Å². The lowest BCUT2D eigenvalue weighted by atomic mass is 10.1. The Morgan fingerprint density at radius 3 is 2.00 bits per heavy atom. The molecule has 0 bridgehead atoms. The quantitative estimate of drug-likeness (QED) is 0.635. The van der Waals surface area contributed by atoms with E-state index < -0.39 is 5.92 Å². The Balaban J connectivity index is 3.84. The van der Waals surface area contributed by atoms with E-state index in [1.165, 1.54) is 0 Å². The largest absolute Gasteiger partial charge is 0.466 e. The van der Waals surface area contributed by atoms with Crippen LogP contribution in [-0.4, -0.2) is 25.2 Å². The Labute approximate surface area is 90.9 Å². The first-order chi connectivity index (χ1) is 7.02. The third-order valence-electron chi connectivity index (χ3n) is 2.18. The molecule has 0 rings (SSSR count). The van der Waals surface area contributed by atoms with Gasteiger partial charge in [-0.15, -0.1) is 0 Å². The number of rotatable bonds is 6. The molecule has 0 amide bonds. The van der Waals surface area contributed by atoms with Gasteiger partial charge in [0.25, 0.3) is 0 Å². The summed E-state index contributed by atoms with van der Waals surface area (Å²) in [5.41, 5.74) is 0. The van der Waals surface area contributed by atoms with E-state index in [0.29, 0.717) is 6.61 Å². The molecule has 0 aromatic carbocycles. The molecular weight excluding hydrogens is 196 g/mol. The van der Waals surface area contributed by atoms with E-state index in [1.807, 2.05) is 6.92 Å². The fourth-order valence-electron chi connectivity index (χ4n) is 0.869. The van der Waals surface area contributed by atoms with Gasteiger partial charge in [0, 0.05) is 0 Å². The van der Waals surface area contributed by atoms with Crippen LogP contribution in [0.5, 0.6) is 0 Å². The van der Waals surface area contributed by atoms with Gasteiger partial charge in [-0.05, 0) is 20.3 Å². The predicted molar refractivity (Wildman–Crippen MR) is 56.2 cm³/mol. The summed E-state index contributed by atoms with van der Waals surface area (Å²) in [5, 5.41) is 0. The van der Waals surface area contributed by atoms with Gasteiger partial charge in [0.2, 0.25) is 0 Å². The van der Waals surface area contributed by atoms with Crippen molar-refractivity contribution in [2.24, 2.45) is 11.8 Å². The molecule has 2 unspecified atom stereocenters. The molecule has 0 aliphatic rings. The van der Waals surface area contributed by atoms with E-state index in [0.717, 1.165) is 6.42 Å². The van der Waals surface area contributed by atoms with Crippen LogP contribution in [0.25, 0.3) is 0 Å². The van der Waals surface area contributed by atoms with Gasteiger partial charge >= 0.3 is 11.9 Å². The molecule has 0 radical (unpaired) electrons. The van der Waals surface area contributed by atoms with Gasteiger partial charge in [0.15, 0.2) is 0 Å². The monoisotopic (exact) mass is 216 g/mol. The predicted octanol–water partition coefficient (Wildman–Crippen LogP) is 1.77. The van der Waals surface area contributed by atoms with Gasteiger partial charge in [-0.1, -0.05) is 13.8 Å². The normalized spacial score (nSPS) is 14.1. The maximum atomic E-state index is 11.3. The molecule has 4 heteroatoms. The van der Waals surface area contributed by atoms with Crippen LogP contribution < -0.4 is 0 Å². The molecule has 4 nitrogen and oxygen atoms in total. The average Bonchev–Trinajstić information content (AvgIpc) is 2.24. The summed E-state index contributed by atoms with van der Waals surface area (Å²) in [6, 6.07) is 0. The third kappa shape index (κ3) is 5.40. The van der Waals surface area contributed by atoms with Crippen LogP contribution in [0.1, 0.15) is 34.1 Å². The number of carbonyl (C=O) groups is 2. The van der Waals surface area contributed by atoms with Gasteiger partial charge < -0.3 is 9.47 Å². The molecule has 0 N–H and O–H groups in total. The molecule has 0 spiro atoms. The second-order valence-electron chi connectivity index (χ2n) is 3.59. The summed E-state index contributed by atoms with van der Waals surface area (Å²) in [6.07, 6.45) is 0.743. The highest BCUT2D eigenvalue weighted by Crippen LogP contribution is 2.06. The van der Waals surface area contributed by atoms with Gasteiger partial charge in [-0.3, -0.25) is 9.59 Å². The zero-order valence-corrected chi connectivity index (χ0v) is 9.91. The number of ether oxygens (including phenoxy) is 2. The van der Waals surface area contributed by atoms with E-state index in [4.69, 9.17) is 9.47 Å². The van der Waals surface area contributed by atoms with Crippen molar-refractivity contribution in [3.05, 3.63) is 0 Å². The fraction of sp³-hybridized carbons (Fsp3) is 0.818. The molecule has 0 fully saturated rings. The molecule has 0 saturated carbocycles. The number of hydrogen-bond acceptors (Lipinski definition) is 4. The fourth-order valence-corrected chi connectivity index (χ4v) is 0.869. The van der Waals surface area contributed by atoms with Crippen molar-refractivity contribution in [3.8, 4) is 0 Å². The van der Waals surface area contributed by atoms with Crippen LogP contribution >= 0.6 is 0 Å². The topological polar surface area (TPSA) is 52.6 Å². The first-order valence-corrected chi connectivity index (χ1v) is 5.36. The van der Waals surface area contributed by atoms with Crippen molar-refractivity contribution >= 4 is 11.9 Å². The number of esters is 2. The minimum absolute atomic E-state index is 0.0992. The maximum Gasteiger partial charge on any atom is 0.312 e. The highest BCUT2D eigenvalue weighted by Gasteiger charge is 2.18. The molecule has 0 aromatic heterocycles. The lowest BCUT2D eigenvalue weighted by Crippen LogP contribution is -2.23. The first-order valence-electron chi connectivity index (χ1n) is 5.36. The Morgan fingerprint density at radius 1 is 1.00 bits per heavy atom. The van der Waals surface area contributed by atoms with Crippen molar-refractivity contribution in [2.75, 3.05) is 13.2 Å². The highest BCUT2D eigenvalue weighted by molar-refractivity contribution is 5.74. The van der Waals surface area contributed by atoms with E-state index in [9.17, 15) is 9.59 Å². The Morgan fingerprint density at radius 2 is 1.53 bits per heavy atom. The summed E-state index contributed by atoms with van der Waals surface area (Å²) in [6.45, 7) is 7.60. The standard InChI is InChI=1S/C11H20O4/c1-5-8(3)10(12)15-7-9(4)11(13)14-6-2/h8-9H,5-7H2,1-4H3. The van der Waals surface area contributed by atoms with Crippen LogP contribution in [0, 0.1) is 11.8 Å². The van der Waals surface area contributed by atoms with Gasteiger partial charge in [-0.25, -0.2) is 0 Å². The molecule has 0 heterocycles. The second-order valence-corrected chi connectivity index (χ2v) is 3.59. The van der Waals surface area contributed by atoms with Crippen molar-refractivity contribution in [1.82, 2.24) is 0 Å². The Kier molecular flexibility index (Phi) is 6.75. The zero-order chi connectivity index (χ0) is 11.8. The molecule has 0 aliphatic carbocycles. The van der Waals surface area contributed by atoms with Crippen LogP contribution in [0.15, 0.2) is 0 Å². The lowest BCUT2D eigenvalue weighted by molar-refractivity contribution is -0.155. The third-order valence-corrected chi connectivity index (χ3v) is 2.18. The smallest absolute Gasteiger partial charge is 0.312 e. The van der Waals surface area contributed by atoms with Crippen LogP contribution in [0.3, 0.4) is 0 Å². The molecule has 0 saturated heterocycles. The van der Waals surface area contributed by atoms with Gasteiger partial charge in [0.05, 0.1) is 18.4 Å².